The maximum absolute atomic E-state index is 11.8. The fraction of sp³-hybridized carbons (Fsp3) is 0.571. The summed E-state index contributed by atoms with van der Waals surface area (Å²) in [6.45, 7) is 3.73. The van der Waals surface area contributed by atoms with Crippen molar-refractivity contribution in [2.45, 2.75) is 32.2 Å². The summed E-state index contributed by atoms with van der Waals surface area (Å²) in [5.41, 5.74) is 0. The normalized spacial score (nSPS) is 15.9. The Balaban J connectivity index is 1.75. The van der Waals surface area contributed by atoms with E-state index < -0.39 is 0 Å². The first kappa shape index (κ1) is 14.8. The molecule has 0 saturated carbocycles. The van der Waals surface area contributed by atoms with E-state index in [1.165, 1.54) is 0 Å². The van der Waals surface area contributed by atoms with Gasteiger partial charge in [-0.15, -0.1) is 11.3 Å². The van der Waals surface area contributed by atoms with E-state index in [4.69, 9.17) is 0 Å². The van der Waals surface area contributed by atoms with Gasteiger partial charge in [0.25, 0.3) is 0 Å². The van der Waals surface area contributed by atoms with Gasteiger partial charge in [0.15, 0.2) is 0 Å². The van der Waals surface area contributed by atoms with Gasteiger partial charge in [-0.05, 0) is 30.7 Å². The maximum atomic E-state index is 11.8. The molecule has 2 rings (SSSR count). The van der Waals surface area contributed by atoms with Crippen molar-refractivity contribution < 1.29 is 9.59 Å². The zero-order chi connectivity index (χ0) is 14.4. The minimum atomic E-state index is -0.280. The van der Waals surface area contributed by atoms with E-state index in [0.717, 1.165) is 37.2 Å². The van der Waals surface area contributed by atoms with Crippen LogP contribution in [0.5, 0.6) is 0 Å². The van der Waals surface area contributed by atoms with Gasteiger partial charge in [0.2, 0.25) is 5.91 Å². The molecule has 1 atom stereocenters. The summed E-state index contributed by atoms with van der Waals surface area (Å²) in [6, 6.07) is 3.71. The van der Waals surface area contributed by atoms with Gasteiger partial charge in [-0.3, -0.25) is 4.79 Å². The van der Waals surface area contributed by atoms with Gasteiger partial charge in [-0.2, -0.15) is 0 Å². The SMILES string of the molecule is CC[C@H](NC(=O)NCC(=O)N1CCCC1)c1cccs1. The molecule has 1 aliphatic heterocycles. The molecule has 0 aliphatic carbocycles. The largest absolute Gasteiger partial charge is 0.341 e. The lowest BCUT2D eigenvalue weighted by Gasteiger charge is -2.18. The zero-order valence-electron chi connectivity index (χ0n) is 11.7. The number of nitrogens with one attached hydrogen (secondary N) is 2. The minimum absolute atomic E-state index is 0.00169. The fourth-order valence-corrected chi connectivity index (χ4v) is 3.17. The van der Waals surface area contributed by atoms with Crippen molar-refractivity contribution in [2.75, 3.05) is 19.6 Å². The van der Waals surface area contributed by atoms with Crippen molar-refractivity contribution in [3.63, 3.8) is 0 Å². The third-order valence-electron chi connectivity index (χ3n) is 3.46. The van der Waals surface area contributed by atoms with Crippen LogP contribution in [0, 0.1) is 0 Å². The third-order valence-corrected chi connectivity index (χ3v) is 4.45. The summed E-state index contributed by atoms with van der Waals surface area (Å²) >= 11 is 1.62. The van der Waals surface area contributed by atoms with E-state index in [0.29, 0.717) is 0 Å². The Labute approximate surface area is 123 Å². The molecule has 110 valence electrons. The van der Waals surface area contributed by atoms with Crippen LogP contribution in [-0.4, -0.2) is 36.5 Å². The molecule has 2 heterocycles. The van der Waals surface area contributed by atoms with Crippen molar-refractivity contribution >= 4 is 23.3 Å². The molecule has 5 nitrogen and oxygen atoms in total. The van der Waals surface area contributed by atoms with Crippen LogP contribution < -0.4 is 10.6 Å². The van der Waals surface area contributed by atoms with E-state index >= 15 is 0 Å². The summed E-state index contributed by atoms with van der Waals surface area (Å²) < 4.78 is 0. The van der Waals surface area contributed by atoms with Crippen LogP contribution >= 0.6 is 11.3 Å². The highest BCUT2D eigenvalue weighted by Crippen LogP contribution is 2.21. The van der Waals surface area contributed by atoms with Crippen LogP contribution in [0.15, 0.2) is 17.5 Å². The van der Waals surface area contributed by atoms with Crippen molar-refractivity contribution in [3.8, 4) is 0 Å². The number of urea groups is 1. The van der Waals surface area contributed by atoms with E-state index in [1.807, 2.05) is 24.4 Å². The highest BCUT2D eigenvalue weighted by atomic mass is 32.1. The van der Waals surface area contributed by atoms with Crippen LogP contribution in [0.3, 0.4) is 0 Å². The lowest BCUT2D eigenvalue weighted by Crippen LogP contribution is -2.43. The molecule has 1 saturated heterocycles. The molecule has 0 unspecified atom stereocenters. The van der Waals surface area contributed by atoms with Gasteiger partial charge >= 0.3 is 6.03 Å². The first-order chi connectivity index (χ1) is 9.70. The molecule has 0 bridgehead atoms. The number of amides is 3. The molecule has 0 spiro atoms. The molecule has 0 radical (unpaired) electrons. The second-order valence-electron chi connectivity index (χ2n) is 4.89. The Kier molecular flexibility index (Phi) is 5.40. The third kappa shape index (κ3) is 3.96. The van der Waals surface area contributed by atoms with Crippen molar-refractivity contribution in [1.82, 2.24) is 15.5 Å². The zero-order valence-corrected chi connectivity index (χ0v) is 12.5. The maximum Gasteiger partial charge on any atom is 0.315 e. The Morgan fingerprint density at radius 1 is 1.40 bits per heavy atom. The van der Waals surface area contributed by atoms with Gasteiger partial charge < -0.3 is 15.5 Å². The van der Waals surface area contributed by atoms with E-state index in [-0.39, 0.29) is 24.5 Å². The molecule has 20 heavy (non-hydrogen) atoms. The van der Waals surface area contributed by atoms with E-state index in [2.05, 4.69) is 10.6 Å². The van der Waals surface area contributed by atoms with E-state index in [9.17, 15) is 9.59 Å². The van der Waals surface area contributed by atoms with Crippen LogP contribution in [0.4, 0.5) is 4.79 Å². The summed E-state index contributed by atoms with van der Waals surface area (Å²) in [5, 5.41) is 7.55. The van der Waals surface area contributed by atoms with Gasteiger partial charge in [0.05, 0.1) is 12.6 Å². The molecular weight excluding hydrogens is 274 g/mol. The predicted molar refractivity (Wildman–Crippen MR) is 79.7 cm³/mol. The highest BCUT2D eigenvalue weighted by molar-refractivity contribution is 7.10. The van der Waals surface area contributed by atoms with Crippen LogP contribution in [-0.2, 0) is 4.79 Å². The van der Waals surface area contributed by atoms with Gasteiger partial charge in [0.1, 0.15) is 0 Å². The lowest BCUT2D eigenvalue weighted by molar-refractivity contribution is -0.128. The molecular formula is C14H21N3O2S. The van der Waals surface area contributed by atoms with Gasteiger partial charge in [-0.1, -0.05) is 13.0 Å². The number of likely N-dealkylation sites (tertiary alicyclic amines) is 1. The first-order valence-electron chi connectivity index (χ1n) is 7.06. The standard InChI is InChI=1S/C14H21N3O2S/c1-2-11(12-6-5-9-20-12)16-14(19)15-10-13(18)17-7-3-4-8-17/h5-6,9,11H,2-4,7-8,10H2,1H3,(H2,15,16,19)/t11-/m0/s1. The van der Waals surface area contributed by atoms with Crippen molar-refractivity contribution in [3.05, 3.63) is 22.4 Å². The van der Waals surface area contributed by atoms with Crippen molar-refractivity contribution in [2.24, 2.45) is 0 Å². The summed E-state index contributed by atoms with van der Waals surface area (Å²) in [5.74, 6) is 0.00169. The molecule has 0 aromatic carbocycles. The average Bonchev–Trinajstić information content (AvgIpc) is 3.14. The Bertz CT molecular complexity index is 441. The number of thiophene rings is 1. The average molecular weight is 295 g/mol. The molecule has 1 aromatic heterocycles. The molecule has 2 N–H and O–H groups in total. The van der Waals surface area contributed by atoms with Crippen molar-refractivity contribution in [1.29, 1.82) is 0 Å². The van der Waals surface area contributed by atoms with Gasteiger partial charge in [0, 0.05) is 18.0 Å². The lowest BCUT2D eigenvalue weighted by atomic mass is 10.2. The summed E-state index contributed by atoms with van der Waals surface area (Å²) in [4.78, 5) is 26.6. The fourth-order valence-electron chi connectivity index (χ4n) is 2.31. The number of hydrogen-bond donors (Lipinski definition) is 2. The highest BCUT2D eigenvalue weighted by Gasteiger charge is 2.19. The quantitative estimate of drug-likeness (QED) is 0.874. The van der Waals surface area contributed by atoms with Gasteiger partial charge in [-0.25, -0.2) is 4.79 Å². The predicted octanol–water partition coefficient (Wildman–Crippen LogP) is 2.12. The number of rotatable bonds is 5. The topological polar surface area (TPSA) is 61.4 Å². The van der Waals surface area contributed by atoms with Crippen LogP contribution in [0.2, 0.25) is 0 Å². The summed E-state index contributed by atoms with van der Waals surface area (Å²) in [6.07, 6.45) is 2.95. The number of nitrogens with zero attached hydrogens (tertiary/aromatic N) is 1. The summed E-state index contributed by atoms with van der Waals surface area (Å²) in [7, 11) is 0. The van der Waals surface area contributed by atoms with E-state index in [1.54, 1.807) is 16.2 Å². The van der Waals surface area contributed by atoms with Crippen LogP contribution in [0.25, 0.3) is 0 Å². The molecule has 6 heteroatoms. The number of hydrogen-bond acceptors (Lipinski definition) is 3. The Morgan fingerprint density at radius 2 is 2.15 bits per heavy atom. The Morgan fingerprint density at radius 3 is 2.75 bits per heavy atom. The molecule has 1 aromatic rings. The molecule has 1 aliphatic rings. The van der Waals surface area contributed by atoms with Crippen LogP contribution in [0.1, 0.15) is 37.1 Å². The minimum Gasteiger partial charge on any atom is -0.341 e. The second kappa shape index (κ2) is 7.28. The molecule has 3 amide bonds. The Hall–Kier alpha value is -1.56. The second-order valence-corrected chi connectivity index (χ2v) is 5.87. The first-order valence-corrected chi connectivity index (χ1v) is 7.94. The number of carbonyl (C=O) groups is 2. The monoisotopic (exact) mass is 295 g/mol. The molecule has 1 fully saturated rings. The number of carbonyl (C=O) groups excluding carboxylic acids is 2. The smallest absolute Gasteiger partial charge is 0.315 e.